The van der Waals surface area contributed by atoms with Crippen molar-refractivity contribution in [2.24, 2.45) is 0 Å². The Morgan fingerprint density at radius 1 is 1.12 bits per heavy atom. The van der Waals surface area contributed by atoms with Crippen LogP contribution in [0.4, 0.5) is 0 Å². The van der Waals surface area contributed by atoms with Crippen molar-refractivity contribution >= 4 is 5.91 Å². The molecule has 1 N–H and O–H groups in total. The first-order valence-electron chi connectivity index (χ1n) is 8.49. The Morgan fingerprint density at radius 2 is 1.88 bits per heavy atom. The van der Waals surface area contributed by atoms with Crippen LogP contribution < -0.4 is 19.5 Å². The standard InChI is InChI=1S/C21H25NO4/c1-5-9-15-12-17(13-19(24-3)20(15)25-4)21(23)22-14-16-10-7-8-11-18(16)26-6-2/h5,7-8,10-13H,1,6,9,14H2,2-4H3,(H,22,23). The Balaban J connectivity index is 2.22. The zero-order valence-corrected chi connectivity index (χ0v) is 15.5. The molecule has 0 aliphatic carbocycles. The zero-order valence-electron chi connectivity index (χ0n) is 15.5. The van der Waals surface area contributed by atoms with E-state index < -0.39 is 0 Å². The van der Waals surface area contributed by atoms with E-state index in [9.17, 15) is 4.79 Å². The lowest BCUT2D eigenvalue weighted by molar-refractivity contribution is 0.0950. The molecule has 1 amide bonds. The summed E-state index contributed by atoms with van der Waals surface area (Å²) in [4.78, 5) is 12.6. The van der Waals surface area contributed by atoms with Crippen molar-refractivity contribution in [1.29, 1.82) is 0 Å². The van der Waals surface area contributed by atoms with Crippen molar-refractivity contribution in [2.75, 3.05) is 20.8 Å². The number of para-hydroxylation sites is 1. The molecule has 0 spiro atoms. The first-order chi connectivity index (χ1) is 12.6. The van der Waals surface area contributed by atoms with Crippen molar-refractivity contribution in [1.82, 2.24) is 5.32 Å². The molecule has 2 aromatic carbocycles. The first kappa shape index (κ1) is 19.4. The van der Waals surface area contributed by atoms with Crippen molar-refractivity contribution in [2.45, 2.75) is 19.9 Å². The Kier molecular flexibility index (Phi) is 7.09. The number of carbonyl (C=O) groups is 1. The topological polar surface area (TPSA) is 56.8 Å². The molecule has 0 heterocycles. The van der Waals surface area contributed by atoms with Crippen LogP contribution in [0.5, 0.6) is 17.2 Å². The van der Waals surface area contributed by atoms with Crippen LogP contribution in [-0.2, 0) is 13.0 Å². The Morgan fingerprint density at radius 3 is 2.54 bits per heavy atom. The molecule has 0 saturated heterocycles. The van der Waals surface area contributed by atoms with Crippen molar-refractivity contribution in [3.63, 3.8) is 0 Å². The molecule has 2 rings (SSSR count). The van der Waals surface area contributed by atoms with Gasteiger partial charge in [0.2, 0.25) is 0 Å². The molecule has 2 aromatic rings. The molecule has 0 aromatic heterocycles. The molecule has 0 bridgehead atoms. The number of nitrogens with one attached hydrogen (secondary N) is 1. The maximum atomic E-state index is 12.6. The fourth-order valence-electron chi connectivity index (χ4n) is 2.71. The predicted molar refractivity (Wildman–Crippen MR) is 102 cm³/mol. The van der Waals surface area contributed by atoms with Crippen LogP contribution in [0.2, 0.25) is 0 Å². The Bertz CT molecular complexity index is 771. The number of allylic oxidation sites excluding steroid dienone is 1. The van der Waals surface area contributed by atoms with Crippen LogP contribution in [0.3, 0.4) is 0 Å². The summed E-state index contributed by atoms with van der Waals surface area (Å²) in [5.74, 6) is 1.72. The van der Waals surface area contributed by atoms with Crippen molar-refractivity contribution < 1.29 is 19.0 Å². The van der Waals surface area contributed by atoms with Gasteiger partial charge in [-0.05, 0) is 31.5 Å². The fraction of sp³-hybridized carbons (Fsp3) is 0.286. The fourth-order valence-corrected chi connectivity index (χ4v) is 2.71. The number of rotatable bonds is 9. The second kappa shape index (κ2) is 9.51. The van der Waals surface area contributed by atoms with Gasteiger partial charge in [0.25, 0.3) is 5.91 Å². The van der Waals surface area contributed by atoms with Crippen LogP contribution in [0, 0.1) is 0 Å². The maximum absolute atomic E-state index is 12.6. The number of carbonyl (C=O) groups excluding carboxylic acids is 1. The minimum atomic E-state index is -0.192. The van der Waals surface area contributed by atoms with E-state index in [0.29, 0.717) is 36.6 Å². The summed E-state index contributed by atoms with van der Waals surface area (Å²) in [6, 6.07) is 11.1. The first-order valence-corrected chi connectivity index (χ1v) is 8.49. The molecule has 0 atom stereocenters. The molecule has 0 aliphatic heterocycles. The molecule has 0 aliphatic rings. The normalized spacial score (nSPS) is 10.1. The van der Waals surface area contributed by atoms with E-state index in [2.05, 4.69) is 11.9 Å². The van der Waals surface area contributed by atoms with E-state index in [1.54, 1.807) is 32.4 Å². The van der Waals surface area contributed by atoms with Crippen LogP contribution in [-0.4, -0.2) is 26.7 Å². The van der Waals surface area contributed by atoms with Gasteiger partial charge in [-0.15, -0.1) is 6.58 Å². The third kappa shape index (κ3) is 4.57. The quantitative estimate of drug-likeness (QED) is 0.696. The summed E-state index contributed by atoms with van der Waals surface area (Å²) in [5.41, 5.74) is 2.28. The zero-order chi connectivity index (χ0) is 18.9. The summed E-state index contributed by atoms with van der Waals surface area (Å²) < 4.78 is 16.4. The van der Waals surface area contributed by atoms with Gasteiger partial charge in [0.15, 0.2) is 11.5 Å². The van der Waals surface area contributed by atoms with Crippen LogP contribution in [0.25, 0.3) is 0 Å². The second-order valence-corrected chi connectivity index (χ2v) is 5.59. The number of ether oxygens (including phenoxy) is 3. The summed E-state index contributed by atoms with van der Waals surface area (Å²) in [7, 11) is 3.13. The highest BCUT2D eigenvalue weighted by molar-refractivity contribution is 5.95. The predicted octanol–water partition coefficient (Wildman–Crippen LogP) is 3.76. The van der Waals surface area contributed by atoms with Crippen LogP contribution in [0.1, 0.15) is 28.4 Å². The van der Waals surface area contributed by atoms with E-state index in [0.717, 1.165) is 16.9 Å². The molecule has 26 heavy (non-hydrogen) atoms. The highest BCUT2D eigenvalue weighted by Crippen LogP contribution is 2.33. The van der Waals surface area contributed by atoms with E-state index in [-0.39, 0.29) is 5.91 Å². The van der Waals surface area contributed by atoms with Gasteiger partial charge in [-0.2, -0.15) is 0 Å². The lowest BCUT2D eigenvalue weighted by Crippen LogP contribution is -2.23. The number of methoxy groups -OCH3 is 2. The maximum Gasteiger partial charge on any atom is 0.251 e. The summed E-state index contributed by atoms with van der Waals surface area (Å²) >= 11 is 0. The molecule has 0 fully saturated rings. The van der Waals surface area contributed by atoms with Crippen LogP contribution in [0.15, 0.2) is 49.1 Å². The minimum Gasteiger partial charge on any atom is -0.494 e. The molecular formula is C21H25NO4. The summed E-state index contributed by atoms with van der Waals surface area (Å²) in [5, 5.41) is 2.93. The molecule has 0 unspecified atom stereocenters. The van der Waals surface area contributed by atoms with Gasteiger partial charge in [0.05, 0.1) is 20.8 Å². The lowest BCUT2D eigenvalue weighted by Gasteiger charge is -2.15. The van der Waals surface area contributed by atoms with Crippen molar-refractivity contribution in [3.05, 3.63) is 65.7 Å². The third-order valence-electron chi connectivity index (χ3n) is 3.89. The SMILES string of the molecule is C=CCc1cc(C(=O)NCc2ccccc2OCC)cc(OC)c1OC. The van der Waals surface area contributed by atoms with E-state index in [1.165, 1.54) is 0 Å². The van der Waals surface area contributed by atoms with E-state index >= 15 is 0 Å². The molecular weight excluding hydrogens is 330 g/mol. The van der Waals surface area contributed by atoms with Crippen LogP contribution >= 0.6 is 0 Å². The van der Waals surface area contributed by atoms with Gasteiger partial charge in [-0.1, -0.05) is 24.3 Å². The van der Waals surface area contributed by atoms with Gasteiger partial charge in [-0.25, -0.2) is 0 Å². The third-order valence-corrected chi connectivity index (χ3v) is 3.89. The smallest absolute Gasteiger partial charge is 0.251 e. The second-order valence-electron chi connectivity index (χ2n) is 5.59. The number of hydrogen-bond donors (Lipinski definition) is 1. The molecule has 5 heteroatoms. The monoisotopic (exact) mass is 355 g/mol. The van der Waals surface area contributed by atoms with Gasteiger partial charge < -0.3 is 19.5 Å². The summed E-state index contributed by atoms with van der Waals surface area (Å²) in [6.07, 6.45) is 2.34. The highest BCUT2D eigenvalue weighted by Gasteiger charge is 2.16. The van der Waals surface area contributed by atoms with Gasteiger partial charge in [0.1, 0.15) is 5.75 Å². The molecule has 0 saturated carbocycles. The van der Waals surface area contributed by atoms with Gasteiger partial charge in [-0.3, -0.25) is 4.79 Å². The highest BCUT2D eigenvalue weighted by atomic mass is 16.5. The minimum absolute atomic E-state index is 0.192. The van der Waals surface area contributed by atoms with Crippen molar-refractivity contribution in [3.8, 4) is 17.2 Å². The average Bonchev–Trinajstić information content (AvgIpc) is 2.66. The molecule has 5 nitrogen and oxygen atoms in total. The molecule has 0 radical (unpaired) electrons. The number of amides is 1. The summed E-state index contributed by atoms with van der Waals surface area (Å²) in [6.45, 7) is 6.63. The number of benzene rings is 2. The average molecular weight is 355 g/mol. The number of hydrogen-bond acceptors (Lipinski definition) is 4. The van der Waals surface area contributed by atoms with Gasteiger partial charge in [0, 0.05) is 23.2 Å². The van der Waals surface area contributed by atoms with E-state index in [1.807, 2.05) is 31.2 Å². The Labute approximate surface area is 154 Å². The largest absolute Gasteiger partial charge is 0.494 e. The Hall–Kier alpha value is -2.95. The van der Waals surface area contributed by atoms with Gasteiger partial charge >= 0.3 is 0 Å². The lowest BCUT2D eigenvalue weighted by atomic mass is 10.0. The van der Waals surface area contributed by atoms with E-state index in [4.69, 9.17) is 14.2 Å². The molecule has 138 valence electrons.